The first-order valence-corrected chi connectivity index (χ1v) is 9.69. The smallest absolute Gasteiger partial charge is 0.274 e. The Morgan fingerprint density at radius 1 is 1.22 bits per heavy atom. The van der Waals surface area contributed by atoms with E-state index in [0.29, 0.717) is 17.6 Å². The van der Waals surface area contributed by atoms with Gasteiger partial charge in [0.1, 0.15) is 17.3 Å². The van der Waals surface area contributed by atoms with Crippen LogP contribution in [0.4, 0.5) is 17.2 Å². The third kappa shape index (κ3) is 4.56. The average Bonchev–Trinajstić information content (AvgIpc) is 2.67. The van der Waals surface area contributed by atoms with Crippen molar-refractivity contribution in [2.45, 2.75) is 45.6 Å². The van der Waals surface area contributed by atoms with Crippen molar-refractivity contribution in [3.8, 4) is 0 Å². The minimum absolute atomic E-state index is 0.204. The zero-order valence-electron chi connectivity index (χ0n) is 16.7. The van der Waals surface area contributed by atoms with Gasteiger partial charge in [-0.25, -0.2) is 9.97 Å². The fourth-order valence-corrected chi connectivity index (χ4v) is 3.58. The van der Waals surface area contributed by atoms with Crippen LogP contribution in [0.15, 0.2) is 30.3 Å². The van der Waals surface area contributed by atoms with Crippen LogP contribution in [0.1, 0.15) is 48.9 Å². The van der Waals surface area contributed by atoms with E-state index in [1.165, 1.54) is 19.3 Å². The predicted molar refractivity (Wildman–Crippen MR) is 111 cm³/mol. The first-order valence-electron chi connectivity index (χ1n) is 9.69. The van der Waals surface area contributed by atoms with Gasteiger partial charge in [-0.3, -0.25) is 4.79 Å². The molecule has 144 valence electrons. The molecule has 0 aliphatic carbocycles. The van der Waals surface area contributed by atoms with Crippen molar-refractivity contribution >= 4 is 23.1 Å². The van der Waals surface area contributed by atoms with Crippen molar-refractivity contribution in [3.63, 3.8) is 0 Å². The molecule has 1 aliphatic rings. The molecule has 1 saturated heterocycles. The van der Waals surface area contributed by atoms with Crippen LogP contribution in [0.2, 0.25) is 0 Å². The monoisotopic (exact) mass is 367 g/mol. The molecule has 6 nitrogen and oxygen atoms in total. The number of aryl methyl sites for hydroxylation is 1. The zero-order valence-corrected chi connectivity index (χ0v) is 16.7. The van der Waals surface area contributed by atoms with Crippen molar-refractivity contribution in [2.75, 3.05) is 35.8 Å². The fourth-order valence-electron chi connectivity index (χ4n) is 3.58. The largest absolute Gasteiger partial charge is 0.378 e. The molecule has 1 amide bonds. The molecule has 0 saturated carbocycles. The SMILES string of the molecule is CCC1CCCCN1c1cc(C(=O)Nc2ccc(N(C)C)cc2)nc(C)n1. The van der Waals surface area contributed by atoms with Gasteiger partial charge in [-0.2, -0.15) is 0 Å². The second kappa shape index (κ2) is 8.37. The Bertz CT molecular complexity index is 788. The van der Waals surface area contributed by atoms with Crippen molar-refractivity contribution in [3.05, 3.63) is 41.9 Å². The van der Waals surface area contributed by atoms with E-state index in [1.807, 2.05) is 56.3 Å². The quantitative estimate of drug-likeness (QED) is 0.869. The van der Waals surface area contributed by atoms with Crippen molar-refractivity contribution in [1.82, 2.24) is 9.97 Å². The number of carbonyl (C=O) groups excluding carboxylic acids is 1. The van der Waals surface area contributed by atoms with Gasteiger partial charge in [0.05, 0.1) is 0 Å². The molecule has 1 aromatic carbocycles. The molecule has 27 heavy (non-hydrogen) atoms. The van der Waals surface area contributed by atoms with Crippen LogP contribution in [0.3, 0.4) is 0 Å². The lowest BCUT2D eigenvalue weighted by molar-refractivity contribution is 0.102. The van der Waals surface area contributed by atoms with E-state index in [1.54, 1.807) is 0 Å². The number of nitrogens with one attached hydrogen (secondary N) is 1. The summed E-state index contributed by atoms with van der Waals surface area (Å²) in [6.07, 6.45) is 4.69. The average molecular weight is 367 g/mol. The molecule has 0 bridgehead atoms. The molecule has 1 aromatic heterocycles. The first-order chi connectivity index (χ1) is 13.0. The third-order valence-corrected chi connectivity index (χ3v) is 5.09. The normalized spacial score (nSPS) is 16.9. The second-order valence-electron chi connectivity index (χ2n) is 7.31. The van der Waals surface area contributed by atoms with E-state index < -0.39 is 0 Å². The Kier molecular flexibility index (Phi) is 5.94. The van der Waals surface area contributed by atoms with Gasteiger partial charge in [-0.1, -0.05) is 6.92 Å². The number of rotatable bonds is 5. The van der Waals surface area contributed by atoms with Crippen LogP contribution in [0.25, 0.3) is 0 Å². The maximum Gasteiger partial charge on any atom is 0.274 e. The van der Waals surface area contributed by atoms with Crippen LogP contribution >= 0.6 is 0 Å². The van der Waals surface area contributed by atoms with E-state index in [4.69, 9.17) is 0 Å². The molecule has 0 radical (unpaired) electrons. The number of amides is 1. The maximum absolute atomic E-state index is 12.7. The van der Waals surface area contributed by atoms with Gasteiger partial charge in [0.25, 0.3) is 5.91 Å². The number of anilines is 3. The molecule has 1 N–H and O–H groups in total. The number of benzene rings is 1. The van der Waals surface area contributed by atoms with Crippen molar-refractivity contribution in [2.24, 2.45) is 0 Å². The Balaban J connectivity index is 1.79. The summed E-state index contributed by atoms with van der Waals surface area (Å²) in [5, 5.41) is 2.94. The summed E-state index contributed by atoms with van der Waals surface area (Å²) in [7, 11) is 3.98. The van der Waals surface area contributed by atoms with Crippen LogP contribution in [0.5, 0.6) is 0 Å². The standard InChI is InChI=1S/C21H29N5O/c1-5-17-8-6-7-13-26(17)20-14-19(22-15(2)23-20)21(27)24-16-9-11-18(12-10-16)25(3)4/h9-12,14,17H,5-8,13H2,1-4H3,(H,24,27). The number of nitrogens with zero attached hydrogens (tertiary/aromatic N) is 4. The summed E-state index contributed by atoms with van der Waals surface area (Å²) < 4.78 is 0. The van der Waals surface area contributed by atoms with Gasteiger partial charge in [-0.15, -0.1) is 0 Å². The summed E-state index contributed by atoms with van der Waals surface area (Å²) in [5.74, 6) is 1.28. The molecule has 2 heterocycles. The molecule has 1 unspecified atom stereocenters. The van der Waals surface area contributed by atoms with Crippen LogP contribution < -0.4 is 15.1 Å². The highest BCUT2D eigenvalue weighted by molar-refractivity contribution is 6.03. The predicted octanol–water partition coefficient (Wildman–Crippen LogP) is 3.87. The lowest BCUT2D eigenvalue weighted by Gasteiger charge is -2.36. The van der Waals surface area contributed by atoms with Gasteiger partial charge in [0, 0.05) is 44.1 Å². The number of carbonyl (C=O) groups is 1. The van der Waals surface area contributed by atoms with Gasteiger partial charge < -0.3 is 15.1 Å². The summed E-state index contributed by atoms with van der Waals surface area (Å²) >= 11 is 0. The van der Waals surface area contributed by atoms with Gasteiger partial charge in [-0.05, 0) is 56.9 Å². The molecular formula is C21H29N5O. The lowest BCUT2D eigenvalue weighted by Crippen LogP contribution is -2.40. The summed E-state index contributed by atoms with van der Waals surface area (Å²) in [6.45, 7) is 5.04. The molecular weight excluding hydrogens is 338 g/mol. The Morgan fingerprint density at radius 3 is 2.63 bits per heavy atom. The highest BCUT2D eigenvalue weighted by atomic mass is 16.1. The molecule has 1 aliphatic heterocycles. The third-order valence-electron chi connectivity index (χ3n) is 5.09. The van der Waals surface area contributed by atoms with E-state index in [0.717, 1.165) is 30.2 Å². The van der Waals surface area contributed by atoms with Crippen LogP contribution in [-0.4, -0.2) is 42.6 Å². The van der Waals surface area contributed by atoms with E-state index in [9.17, 15) is 4.79 Å². The molecule has 1 atom stereocenters. The van der Waals surface area contributed by atoms with Crippen molar-refractivity contribution < 1.29 is 4.79 Å². The number of hydrogen-bond acceptors (Lipinski definition) is 5. The minimum atomic E-state index is -0.204. The number of hydrogen-bond donors (Lipinski definition) is 1. The zero-order chi connectivity index (χ0) is 19.4. The Labute approximate surface area is 161 Å². The maximum atomic E-state index is 12.7. The summed E-state index contributed by atoms with van der Waals surface area (Å²) in [5.41, 5.74) is 2.26. The van der Waals surface area contributed by atoms with E-state index in [-0.39, 0.29) is 5.91 Å². The molecule has 0 spiro atoms. The van der Waals surface area contributed by atoms with Crippen LogP contribution in [-0.2, 0) is 0 Å². The van der Waals surface area contributed by atoms with Gasteiger partial charge in [0.2, 0.25) is 0 Å². The first kappa shape index (κ1) is 19.1. The molecule has 1 fully saturated rings. The van der Waals surface area contributed by atoms with E-state index >= 15 is 0 Å². The second-order valence-corrected chi connectivity index (χ2v) is 7.31. The minimum Gasteiger partial charge on any atom is -0.378 e. The molecule has 3 rings (SSSR count). The summed E-state index contributed by atoms with van der Waals surface area (Å²) in [6, 6.07) is 10.1. The topological polar surface area (TPSA) is 61.4 Å². The van der Waals surface area contributed by atoms with Gasteiger partial charge in [0.15, 0.2) is 0 Å². The summed E-state index contributed by atoms with van der Waals surface area (Å²) in [4.78, 5) is 26.1. The number of piperidine rings is 1. The molecule has 2 aromatic rings. The molecule has 6 heteroatoms. The fraction of sp³-hybridized carbons (Fsp3) is 0.476. The highest BCUT2D eigenvalue weighted by Gasteiger charge is 2.23. The van der Waals surface area contributed by atoms with Gasteiger partial charge >= 0.3 is 0 Å². The van der Waals surface area contributed by atoms with Crippen molar-refractivity contribution in [1.29, 1.82) is 0 Å². The Morgan fingerprint density at radius 2 is 1.96 bits per heavy atom. The number of aromatic nitrogens is 2. The van der Waals surface area contributed by atoms with Crippen LogP contribution in [0, 0.1) is 6.92 Å². The lowest BCUT2D eigenvalue weighted by atomic mass is 10.00. The Hall–Kier alpha value is -2.63. The van der Waals surface area contributed by atoms with E-state index in [2.05, 4.69) is 27.1 Å². The highest BCUT2D eigenvalue weighted by Crippen LogP contribution is 2.26.